The molecule has 29 heavy (non-hydrogen) atoms. The van der Waals surface area contributed by atoms with E-state index in [1.807, 2.05) is 0 Å². The first-order chi connectivity index (χ1) is 14.3. The lowest BCUT2D eigenvalue weighted by Crippen LogP contribution is -2.32. The van der Waals surface area contributed by atoms with E-state index in [-0.39, 0.29) is 0 Å². The SMILES string of the molecule is CCc1ccc(-n2nc(C3CCN(Cc4ccccc4)CC3)c3c2NCC3)cc1. The fraction of sp³-hybridized carbons (Fsp3) is 0.400. The summed E-state index contributed by atoms with van der Waals surface area (Å²) in [5, 5.41) is 8.71. The Morgan fingerprint density at radius 1 is 0.966 bits per heavy atom. The molecule has 2 aromatic carbocycles. The van der Waals surface area contributed by atoms with Crippen molar-refractivity contribution in [2.24, 2.45) is 0 Å². The Bertz CT molecular complexity index is 950. The molecule has 5 rings (SSSR count). The van der Waals surface area contributed by atoms with Gasteiger partial charge in [0.25, 0.3) is 0 Å². The highest BCUT2D eigenvalue weighted by Crippen LogP contribution is 2.37. The summed E-state index contributed by atoms with van der Waals surface area (Å²) in [5.74, 6) is 1.79. The number of piperidine rings is 1. The predicted molar refractivity (Wildman–Crippen MR) is 119 cm³/mol. The van der Waals surface area contributed by atoms with Crippen LogP contribution in [0.1, 0.15) is 48.1 Å². The van der Waals surface area contributed by atoms with Crippen molar-refractivity contribution in [2.75, 3.05) is 25.0 Å². The van der Waals surface area contributed by atoms with E-state index in [2.05, 4.69) is 76.4 Å². The second-order valence-electron chi connectivity index (χ2n) is 8.36. The zero-order valence-corrected chi connectivity index (χ0v) is 17.3. The van der Waals surface area contributed by atoms with Gasteiger partial charge in [0.1, 0.15) is 5.82 Å². The molecule has 0 unspecified atom stereocenters. The number of anilines is 1. The van der Waals surface area contributed by atoms with Gasteiger partial charge >= 0.3 is 0 Å². The third kappa shape index (κ3) is 3.69. The number of aromatic nitrogens is 2. The Morgan fingerprint density at radius 3 is 2.45 bits per heavy atom. The van der Waals surface area contributed by atoms with E-state index in [0.29, 0.717) is 5.92 Å². The summed E-state index contributed by atoms with van der Waals surface area (Å²) in [4.78, 5) is 2.59. The van der Waals surface area contributed by atoms with Gasteiger partial charge in [0, 0.05) is 24.6 Å². The van der Waals surface area contributed by atoms with Crippen LogP contribution in [0.15, 0.2) is 54.6 Å². The molecule has 2 aliphatic heterocycles. The minimum Gasteiger partial charge on any atom is -0.369 e. The number of hydrogen-bond donors (Lipinski definition) is 1. The standard InChI is InChI=1S/C25H30N4/c1-2-19-8-10-22(11-9-19)29-25-23(12-15-26-25)24(27-29)21-13-16-28(17-14-21)18-20-6-4-3-5-7-20/h3-11,21,26H,2,12-18H2,1H3. The van der Waals surface area contributed by atoms with Crippen molar-refractivity contribution < 1.29 is 0 Å². The average Bonchev–Trinajstić information content (AvgIpc) is 3.38. The summed E-state index contributed by atoms with van der Waals surface area (Å²) < 4.78 is 2.15. The molecule has 1 aromatic heterocycles. The van der Waals surface area contributed by atoms with Crippen molar-refractivity contribution in [3.63, 3.8) is 0 Å². The van der Waals surface area contributed by atoms with Gasteiger partial charge in [0.05, 0.1) is 11.4 Å². The van der Waals surface area contributed by atoms with Crippen LogP contribution in [0.3, 0.4) is 0 Å². The van der Waals surface area contributed by atoms with E-state index >= 15 is 0 Å². The number of hydrogen-bond acceptors (Lipinski definition) is 3. The number of benzene rings is 2. The molecule has 2 aliphatic rings. The minimum atomic E-state index is 0.576. The van der Waals surface area contributed by atoms with E-state index in [0.717, 1.165) is 39.0 Å². The first kappa shape index (κ1) is 18.4. The summed E-state index contributed by atoms with van der Waals surface area (Å²) in [6.07, 6.45) is 4.57. The van der Waals surface area contributed by atoms with Crippen LogP contribution in [0, 0.1) is 0 Å². The van der Waals surface area contributed by atoms with Gasteiger partial charge in [0.15, 0.2) is 0 Å². The van der Waals surface area contributed by atoms with Gasteiger partial charge in [-0.25, -0.2) is 4.68 Å². The Balaban J connectivity index is 1.33. The van der Waals surface area contributed by atoms with Crippen molar-refractivity contribution in [2.45, 2.75) is 45.1 Å². The maximum absolute atomic E-state index is 5.13. The van der Waals surface area contributed by atoms with Gasteiger partial charge < -0.3 is 5.32 Å². The molecule has 1 saturated heterocycles. The summed E-state index contributed by atoms with van der Waals surface area (Å²) >= 11 is 0. The maximum atomic E-state index is 5.13. The van der Waals surface area contributed by atoms with Gasteiger partial charge in [0.2, 0.25) is 0 Å². The van der Waals surface area contributed by atoms with Crippen molar-refractivity contribution in [3.8, 4) is 5.69 Å². The molecule has 0 radical (unpaired) electrons. The van der Waals surface area contributed by atoms with Crippen LogP contribution in [0.5, 0.6) is 0 Å². The normalized spacial score (nSPS) is 17.3. The lowest BCUT2D eigenvalue weighted by molar-refractivity contribution is 0.203. The second kappa shape index (κ2) is 8.03. The highest BCUT2D eigenvalue weighted by molar-refractivity contribution is 5.58. The Kier molecular flexibility index (Phi) is 5.11. The topological polar surface area (TPSA) is 33.1 Å². The molecule has 1 fully saturated rings. The van der Waals surface area contributed by atoms with E-state index in [1.54, 1.807) is 0 Å². The molecule has 3 aromatic rings. The monoisotopic (exact) mass is 386 g/mol. The van der Waals surface area contributed by atoms with Crippen LogP contribution < -0.4 is 5.32 Å². The van der Waals surface area contributed by atoms with Gasteiger partial charge in [-0.3, -0.25) is 4.90 Å². The zero-order valence-electron chi connectivity index (χ0n) is 17.3. The van der Waals surface area contributed by atoms with Gasteiger partial charge in [-0.05, 0) is 62.0 Å². The fourth-order valence-electron chi connectivity index (χ4n) is 4.80. The first-order valence-electron chi connectivity index (χ1n) is 11.0. The Morgan fingerprint density at radius 2 is 1.72 bits per heavy atom. The third-order valence-electron chi connectivity index (χ3n) is 6.49. The number of aryl methyl sites for hydroxylation is 1. The molecule has 0 atom stereocenters. The molecule has 1 N–H and O–H groups in total. The molecular weight excluding hydrogens is 356 g/mol. The molecule has 3 heterocycles. The lowest BCUT2D eigenvalue weighted by Gasteiger charge is -2.31. The van der Waals surface area contributed by atoms with E-state index in [4.69, 9.17) is 5.10 Å². The summed E-state index contributed by atoms with van der Waals surface area (Å²) in [5.41, 5.74) is 6.74. The summed E-state index contributed by atoms with van der Waals surface area (Å²) in [6, 6.07) is 19.7. The number of nitrogens with one attached hydrogen (secondary N) is 1. The van der Waals surface area contributed by atoms with Gasteiger partial charge in [-0.2, -0.15) is 5.10 Å². The summed E-state index contributed by atoms with van der Waals surface area (Å²) in [6.45, 7) is 6.59. The molecular formula is C25H30N4. The van der Waals surface area contributed by atoms with Crippen molar-refractivity contribution in [1.82, 2.24) is 14.7 Å². The number of fused-ring (bicyclic) bond motifs is 1. The number of likely N-dealkylation sites (tertiary alicyclic amines) is 1. The Hall–Kier alpha value is -2.59. The van der Waals surface area contributed by atoms with Gasteiger partial charge in [-0.1, -0.05) is 49.4 Å². The van der Waals surface area contributed by atoms with Gasteiger partial charge in [-0.15, -0.1) is 0 Å². The van der Waals surface area contributed by atoms with Crippen LogP contribution in [-0.2, 0) is 19.4 Å². The molecule has 150 valence electrons. The highest BCUT2D eigenvalue weighted by Gasteiger charge is 2.30. The van der Waals surface area contributed by atoms with Crippen molar-refractivity contribution in [1.29, 1.82) is 0 Å². The van der Waals surface area contributed by atoms with E-state index in [1.165, 1.54) is 46.7 Å². The van der Waals surface area contributed by atoms with Crippen LogP contribution in [0.25, 0.3) is 5.69 Å². The summed E-state index contributed by atoms with van der Waals surface area (Å²) in [7, 11) is 0. The zero-order chi connectivity index (χ0) is 19.6. The molecule has 0 bridgehead atoms. The molecule has 0 aliphatic carbocycles. The van der Waals surface area contributed by atoms with Crippen LogP contribution >= 0.6 is 0 Å². The quantitative estimate of drug-likeness (QED) is 0.685. The first-order valence-corrected chi connectivity index (χ1v) is 11.0. The van der Waals surface area contributed by atoms with E-state index < -0.39 is 0 Å². The molecule has 4 nitrogen and oxygen atoms in total. The molecule has 0 amide bonds. The molecule has 4 heteroatoms. The maximum Gasteiger partial charge on any atom is 0.133 e. The van der Waals surface area contributed by atoms with Crippen molar-refractivity contribution >= 4 is 5.82 Å². The smallest absolute Gasteiger partial charge is 0.133 e. The van der Waals surface area contributed by atoms with Crippen LogP contribution in [0.2, 0.25) is 0 Å². The Labute approximate surface area is 173 Å². The molecule has 0 saturated carbocycles. The van der Waals surface area contributed by atoms with E-state index in [9.17, 15) is 0 Å². The largest absolute Gasteiger partial charge is 0.369 e. The molecule has 0 spiro atoms. The fourth-order valence-corrected chi connectivity index (χ4v) is 4.80. The third-order valence-corrected chi connectivity index (χ3v) is 6.49. The lowest BCUT2D eigenvalue weighted by atomic mass is 9.90. The highest BCUT2D eigenvalue weighted by atomic mass is 15.3. The van der Waals surface area contributed by atoms with Crippen molar-refractivity contribution in [3.05, 3.63) is 77.0 Å². The number of nitrogens with zero attached hydrogens (tertiary/aromatic N) is 3. The average molecular weight is 387 g/mol. The number of rotatable bonds is 5. The minimum absolute atomic E-state index is 0.576. The van der Waals surface area contributed by atoms with Crippen LogP contribution in [-0.4, -0.2) is 34.3 Å². The van der Waals surface area contributed by atoms with Crippen LogP contribution in [0.4, 0.5) is 5.82 Å². The predicted octanol–water partition coefficient (Wildman–Crippen LogP) is 4.78. The second-order valence-corrected chi connectivity index (χ2v) is 8.36.